The van der Waals surface area contributed by atoms with Gasteiger partial charge in [0.25, 0.3) is 0 Å². The van der Waals surface area contributed by atoms with Gasteiger partial charge in [-0.2, -0.15) is 35.3 Å². The van der Waals surface area contributed by atoms with Crippen molar-refractivity contribution in [3.8, 4) is 0 Å². The van der Waals surface area contributed by atoms with E-state index in [1.54, 1.807) is 58.2 Å². The predicted octanol–water partition coefficient (Wildman–Crippen LogP) is 2.66. The zero-order chi connectivity index (χ0) is 86.9. The molecule has 646 valence electrons. The lowest BCUT2D eigenvalue weighted by Crippen LogP contribution is -2.59. The van der Waals surface area contributed by atoms with Gasteiger partial charge in [-0.3, -0.25) is 91.1 Å². The van der Waals surface area contributed by atoms with Crippen molar-refractivity contribution in [2.45, 2.75) is 212 Å². The molecule has 3 aliphatic heterocycles. The molecule has 4 bridgehead atoms. The molecule has 2 aromatic carbocycles. The highest BCUT2D eigenvalue weighted by Gasteiger charge is 2.40. The molecular weight excluding hydrogens is 1590 g/mol. The first-order chi connectivity index (χ1) is 56.0. The number of rotatable bonds is 20. The molecule has 1 aromatic heterocycles. The van der Waals surface area contributed by atoms with Crippen molar-refractivity contribution in [3.05, 3.63) is 71.7 Å². The smallest absolute Gasteiger partial charge is 0.304 e. The molecule has 0 radical (unpaired) electrons. The molecule has 38 heteroatoms. The lowest BCUT2D eigenvalue weighted by molar-refractivity contribution is -0.158. The molecule has 11 atom stereocenters. The zero-order valence-corrected chi connectivity index (χ0v) is 69.5. The number of fused-ring (bicyclic) bond motifs is 8. The standard InChI is InChI=1S/C80H110FN13O21S3/c1-6-10-49-34-64(97)48(16-21-68(82)101)33-66(99)60(85-46(5)95)39-116-27-24-70(103)92-42-93-44-94(43-92)72(105)26-29-118-41-62(75(83)110)91-80(115)59(31-47-14-17-53(81)18-15-47)86-69(102)22-20-63(96)56(11-7-2)87-77(112)50(32-52-38-84-55-13-9-8-12-54(52)55)35-67(100)61(40-117-28-25-71(93)104)90-78(113)51(37-74(108)109)36-65(98)57(19-23-73(106)107)88-79(114)58(30-45(3)4)89-76(49)111/h8-9,12-15,17-18,38,45,48-51,56-62,84H,6-7,10-11,16,19-37,39-44H2,1-5H3,(H2,82,101)(H2,83,110)(H,85,95)(H,86,102)(H,87,112)(H,88,114)(H,89,111)(H,90,113)(H,91,115)(H,106,107)(H,108,109)/t48-,49-,50-,51+,56+,57+,58+,59+,60+,61+,62+/m1/s1. The van der Waals surface area contributed by atoms with Gasteiger partial charge in [-0.05, 0) is 73.8 Å². The second-order valence-corrected chi connectivity index (χ2v) is 33.8. The summed E-state index contributed by atoms with van der Waals surface area (Å²) in [5.74, 6) is -24.4. The maximum Gasteiger partial charge on any atom is 0.304 e. The van der Waals surface area contributed by atoms with Crippen molar-refractivity contribution in [1.29, 1.82) is 0 Å². The number of Topliss-reactive ketones (excluding diaryl/α,β-unsaturated/α-hetero) is 5. The number of nitrogens with two attached hydrogens (primary N) is 2. The van der Waals surface area contributed by atoms with E-state index < -0.39 is 247 Å². The van der Waals surface area contributed by atoms with E-state index in [0.717, 1.165) is 54.3 Å². The largest absolute Gasteiger partial charge is 0.481 e. The van der Waals surface area contributed by atoms with Crippen LogP contribution in [0.4, 0.5) is 4.39 Å². The second kappa shape index (κ2) is 48.7. The van der Waals surface area contributed by atoms with Crippen LogP contribution in [0.2, 0.25) is 0 Å². The molecule has 4 heterocycles. The van der Waals surface area contributed by atoms with Gasteiger partial charge in [0.1, 0.15) is 29.7 Å². The summed E-state index contributed by atoms with van der Waals surface area (Å²) in [6.07, 6.45) is -6.13. The Hall–Kier alpha value is -10.1. The van der Waals surface area contributed by atoms with Crippen molar-refractivity contribution in [2.75, 3.05) is 54.5 Å². The Bertz CT molecular complexity index is 4130. The van der Waals surface area contributed by atoms with Crippen LogP contribution in [-0.4, -0.2) is 238 Å². The van der Waals surface area contributed by atoms with E-state index in [9.17, 15) is 91.3 Å². The molecule has 0 saturated carbocycles. The Morgan fingerprint density at radius 2 is 1.07 bits per heavy atom. The maximum atomic E-state index is 15.4. The number of aromatic amines is 1. The molecule has 3 saturated heterocycles. The number of thioether (sulfide) groups is 3. The Morgan fingerprint density at radius 1 is 0.525 bits per heavy atom. The maximum absolute atomic E-state index is 15.4. The Kier molecular flexibility index (Phi) is 39.9. The summed E-state index contributed by atoms with van der Waals surface area (Å²) in [4.78, 5) is 274. The van der Waals surface area contributed by atoms with Crippen LogP contribution in [-0.2, 0) is 104 Å². The fourth-order valence-corrected chi connectivity index (χ4v) is 16.9. The highest BCUT2D eigenvalue weighted by molar-refractivity contribution is 7.99. The number of nitrogens with zero attached hydrogens (tertiary/aromatic N) is 3. The molecule has 0 spiro atoms. The van der Waals surface area contributed by atoms with E-state index in [2.05, 4.69) is 42.2 Å². The number of H-pyrrole nitrogens is 1. The third kappa shape index (κ3) is 32.3. The summed E-state index contributed by atoms with van der Waals surface area (Å²) in [6.45, 7) is 6.88. The molecule has 3 fully saturated rings. The van der Waals surface area contributed by atoms with Gasteiger partial charge in [-0.1, -0.05) is 70.9 Å². The summed E-state index contributed by atoms with van der Waals surface area (Å²) in [5, 5.41) is 39.3. The normalized spacial score (nSPS) is 24.6. The number of aliphatic carboxylic acids is 2. The average Bonchev–Trinajstić information content (AvgIpc) is 1.20. The number of aromatic nitrogens is 1. The minimum atomic E-state index is -1.88. The fourth-order valence-electron chi connectivity index (χ4n) is 13.9. The number of carboxylic acid groups (broad SMARTS) is 2. The summed E-state index contributed by atoms with van der Waals surface area (Å²) >= 11 is 3.02. The van der Waals surface area contributed by atoms with Gasteiger partial charge in [-0.15, -0.1) is 0 Å². The predicted molar refractivity (Wildman–Crippen MR) is 435 cm³/mol. The van der Waals surface area contributed by atoms with Gasteiger partial charge in [0, 0.05) is 153 Å². The molecule has 3 aromatic rings. The zero-order valence-electron chi connectivity index (χ0n) is 67.1. The van der Waals surface area contributed by atoms with Crippen molar-refractivity contribution in [1.82, 2.24) is 56.9 Å². The summed E-state index contributed by atoms with van der Waals surface area (Å²) < 4.78 is 14.2. The summed E-state index contributed by atoms with van der Waals surface area (Å²) in [6, 6.07) is 1.63. The van der Waals surface area contributed by atoms with E-state index in [-0.39, 0.29) is 119 Å². The number of carbonyl (C=O) groups is 19. The van der Waals surface area contributed by atoms with Crippen molar-refractivity contribution in [2.24, 2.45) is 41.1 Å². The van der Waals surface area contributed by atoms with Gasteiger partial charge in [0.05, 0.1) is 56.5 Å². The van der Waals surface area contributed by atoms with Crippen LogP contribution in [0.3, 0.4) is 0 Å². The third-order valence-electron chi connectivity index (χ3n) is 20.3. The molecule has 0 aliphatic carbocycles. The number of nitrogens with one attached hydrogen (secondary N) is 8. The van der Waals surface area contributed by atoms with Gasteiger partial charge in [0.2, 0.25) is 70.9 Å². The summed E-state index contributed by atoms with van der Waals surface area (Å²) in [5.41, 5.74) is 12.9. The molecule has 6 rings (SSSR count). The van der Waals surface area contributed by atoms with Crippen LogP contribution < -0.4 is 48.7 Å². The third-order valence-corrected chi connectivity index (χ3v) is 23.5. The Balaban J connectivity index is 1.47. The lowest BCUT2D eigenvalue weighted by Gasteiger charge is -2.42. The molecule has 3 aliphatic rings. The highest BCUT2D eigenvalue weighted by atomic mass is 32.2. The van der Waals surface area contributed by atoms with Crippen LogP contribution >= 0.6 is 35.3 Å². The SMILES string of the molecule is CCC[C@@H]1CC(=O)[C@H](CCC(N)=O)CC(=O)[C@@H](NC(C)=O)CSCCC(=O)N2CN3CN(C2)C(=O)CCSC[C@H](NC(=O)[C@H](CC(=O)O)CC(=O)[C@H](CCC(=O)O)NC(=O)[C@H](CC(C)C)NC1=O)C(=O)C[C@@H](Cc1c[nH]c2ccccc12)C(=O)N[C@@H](CCC)C(=O)CCC(=O)N[C@@H](Cc1ccc(F)cc1)C(=O)N[C@H](C(N)=O)CSCCC3=O. The van der Waals surface area contributed by atoms with Crippen LogP contribution in [0.25, 0.3) is 10.9 Å². The number of para-hydroxylation sites is 1. The Labute approximate surface area is 695 Å². The fraction of sp³-hybridized carbons (Fsp3) is 0.588. The van der Waals surface area contributed by atoms with Gasteiger partial charge in [0.15, 0.2) is 23.1 Å². The van der Waals surface area contributed by atoms with E-state index in [1.807, 2.05) is 0 Å². The van der Waals surface area contributed by atoms with Gasteiger partial charge in [-0.25, -0.2) is 4.39 Å². The first-order valence-corrected chi connectivity index (χ1v) is 43.1. The van der Waals surface area contributed by atoms with E-state index >= 15 is 14.4 Å². The molecule has 12 amide bonds. The highest BCUT2D eigenvalue weighted by Crippen LogP contribution is 2.28. The molecule has 118 heavy (non-hydrogen) atoms. The number of ketones is 5. The van der Waals surface area contributed by atoms with E-state index in [4.69, 9.17) is 11.5 Å². The van der Waals surface area contributed by atoms with E-state index in [0.29, 0.717) is 34.9 Å². The molecule has 34 nitrogen and oxygen atoms in total. The van der Waals surface area contributed by atoms with Gasteiger partial charge < -0.3 is 78.6 Å². The molecule has 14 N–H and O–H groups in total. The molecular formula is C80H110FN13O21S3. The number of halogens is 1. The van der Waals surface area contributed by atoms with Crippen molar-refractivity contribution in [3.63, 3.8) is 0 Å². The van der Waals surface area contributed by atoms with Crippen molar-refractivity contribution < 1.29 is 106 Å². The number of amides is 12. The number of primary amides is 2. The number of hydrogen-bond acceptors (Lipinski definition) is 22. The van der Waals surface area contributed by atoms with Crippen LogP contribution in [0.1, 0.15) is 168 Å². The number of benzene rings is 2. The van der Waals surface area contributed by atoms with Crippen LogP contribution in [0, 0.1) is 35.4 Å². The first-order valence-electron chi connectivity index (χ1n) is 39.6. The van der Waals surface area contributed by atoms with Crippen molar-refractivity contribution >= 4 is 158 Å². The van der Waals surface area contributed by atoms with Crippen LogP contribution in [0.15, 0.2) is 54.7 Å². The number of carboxylic acids is 2. The van der Waals surface area contributed by atoms with Crippen LogP contribution in [0.5, 0.6) is 0 Å². The number of hydrogen-bond donors (Lipinski definition) is 12. The second-order valence-electron chi connectivity index (χ2n) is 30.4. The summed E-state index contributed by atoms with van der Waals surface area (Å²) in [7, 11) is 0. The van der Waals surface area contributed by atoms with E-state index in [1.165, 1.54) is 26.8 Å². The lowest BCUT2D eigenvalue weighted by atomic mass is 9.84. The molecule has 0 unspecified atom stereocenters. The van der Waals surface area contributed by atoms with Gasteiger partial charge >= 0.3 is 11.9 Å². The average molecular weight is 1710 g/mol. The first kappa shape index (κ1) is 96.7. The minimum Gasteiger partial charge on any atom is -0.481 e. The number of carbonyl (C=O) groups excluding carboxylic acids is 17. The monoisotopic (exact) mass is 1700 g/mol. The minimum absolute atomic E-state index is 0.0151. The quantitative estimate of drug-likeness (QED) is 0.0773. The topological polar surface area (TPSA) is 527 Å². The Morgan fingerprint density at radius 3 is 1.65 bits per heavy atom.